The van der Waals surface area contributed by atoms with Crippen LogP contribution in [0, 0.1) is 6.92 Å². The first-order valence-corrected chi connectivity index (χ1v) is 6.58. The van der Waals surface area contributed by atoms with Gasteiger partial charge in [-0.3, -0.25) is 4.68 Å². The van der Waals surface area contributed by atoms with E-state index in [1.165, 1.54) is 6.07 Å². The van der Waals surface area contributed by atoms with Crippen molar-refractivity contribution in [2.75, 3.05) is 12.3 Å². The van der Waals surface area contributed by atoms with Gasteiger partial charge >= 0.3 is 5.63 Å². The van der Waals surface area contributed by atoms with Crippen LogP contribution in [0.15, 0.2) is 45.7 Å². The van der Waals surface area contributed by atoms with Crippen molar-refractivity contribution in [2.45, 2.75) is 13.5 Å². The van der Waals surface area contributed by atoms with Gasteiger partial charge in [0.25, 0.3) is 0 Å². The number of fused-ring (bicyclic) bond motifs is 1. The van der Waals surface area contributed by atoms with Crippen molar-refractivity contribution in [1.29, 1.82) is 0 Å². The summed E-state index contributed by atoms with van der Waals surface area (Å²) in [5, 5.41) is 4.97. The molecule has 1 aromatic carbocycles. The number of hydrogen-bond acceptors (Lipinski definition) is 5. The molecule has 6 heteroatoms. The molecule has 2 heterocycles. The van der Waals surface area contributed by atoms with E-state index in [-0.39, 0.29) is 5.63 Å². The lowest BCUT2D eigenvalue weighted by atomic mass is 10.1. The molecule has 0 unspecified atom stereocenters. The van der Waals surface area contributed by atoms with Crippen LogP contribution < -0.4 is 16.1 Å². The third-order valence-electron chi connectivity index (χ3n) is 3.17. The zero-order valence-electron chi connectivity index (χ0n) is 11.6. The number of nitrogens with zero attached hydrogens (tertiary/aromatic N) is 2. The Kier molecular flexibility index (Phi) is 3.35. The second kappa shape index (κ2) is 5.32. The van der Waals surface area contributed by atoms with E-state index in [1.807, 2.05) is 19.1 Å². The monoisotopic (exact) mass is 285 g/mol. The molecule has 0 saturated heterocycles. The highest BCUT2D eigenvalue weighted by Crippen LogP contribution is 2.22. The van der Waals surface area contributed by atoms with Crippen molar-refractivity contribution < 1.29 is 9.15 Å². The third-order valence-corrected chi connectivity index (χ3v) is 3.17. The predicted molar refractivity (Wildman–Crippen MR) is 79.4 cm³/mol. The molecule has 3 rings (SSSR count). The van der Waals surface area contributed by atoms with Gasteiger partial charge in [-0.2, -0.15) is 5.10 Å². The van der Waals surface area contributed by atoms with Crippen molar-refractivity contribution in [2.24, 2.45) is 0 Å². The molecule has 0 aliphatic carbocycles. The number of anilines is 1. The summed E-state index contributed by atoms with van der Waals surface area (Å²) in [4.78, 5) is 11.4. The standard InChI is InChI=1S/C15H15N3O3/c1-10-8-15(19)21-13-9-11(2-3-12(10)13)20-7-6-18-5-4-14(16)17-18/h2-5,8-9H,6-7H2,1H3,(H2,16,17). The average molecular weight is 285 g/mol. The van der Waals surface area contributed by atoms with E-state index in [0.29, 0.717) is 30.3 Å². The Morgan fingerprint density at radius 3 is 2.95 bits per heavy atom. The first kappa shape index (κ1) is 13.2. The van der Waals surface area contributed by atoms with Gasteiger partial charge in [-0.25, -0.2) is 4.79 Å². The van der Waals surface area contributed by atoms with Crippen LogP contribution in [0.5, 0.6) is 5.75 Å². The normalized spacial score (nSPS) is 10.9. The molecule has 0 fully saturated rings. The average Bonchev–Trinajstić information content (AvgIpc) is 2.84. The lowest BCUT2D eigenvalue weighted by Crippen LogP contribution is -2.09. The Morgan fingerprint density at radius 2 is 2.19 bits per heavy atom. The van der Waals surface area contributed by atoms with Gasteiger partial charge in [0.2, 0.25) is 0 Å². The van der Waals surface area contributed by atoms with Crippen LogP contribution in [0.4, 0.5) is 5.82 Å². The molecule has 0 spiro atoms. The molecule has 0 amide bonds. The Labute approximate surface area is 120 Å². The molecule has 108 valence electrons. The predicted octanol–water partition coefficient (Wildman–Crippen LogP) is 1.96. The Morgan fingerprint density at radius 1 is 1.33 bits per heavy atom. The second-order valence-corrected chi connectivity index (χ2v) is 4.76. The van der Waals surface area contributed by atoms with Crippen molar-refractivity contribution in [3.05, 3.63) is 52.5 Å². The zero-order valence-corrected chi connectivity index (χ0v) is 11.6. The first-order valence-electron chi connectivity index (χ1n) is 6.58. The summed E-state index contributed by atoms with van der Waals surface area (Å²) < 4.78 is 12.5. The minimum Gasteiger partial charge on any atom is -0.492 e. The molecule has 0 aliphatic heterocycles. The van der Waals surface area contributed by atoms with E-state index in [0.717, 1.165) is 10.9 Å². The number of aromatic nitrogens is 2. The first-order chi connectivity index (χ1) is 10.1. The molecule has 0 bridgehead atoms. The van der Waals surface area contributed by atoms with E-state index < -0.39 is 0 Å². The number of aryl methyl sites for hydroxylation is 1. The number of rotatable bonds is 4. The second-order valence-electron chi connectivity index (χ2n) is 4.76. The lowest BCUT2D eigenvalue weighted by Gasteiger charge is -2.07. The van der Waals surface area contributed by atoms with E-state index >= 15 is 0 Å². The van der Waals surface area contributed by atoms with Crippen LogP contribution in [0.1, 0.15) is 5.56 Å². The van der Waals surface area contributed by atoms with Crippen molar-refractivity contribution in [1.82, 2.24) is 9.78 Å². The van der Waals surface area contributed by atoms with E-state index in [9.17, 15) is 4.79 Å². The largest absolute Gasteiger partial charge is 0.492 e. The van der Waals surface area contributed by atoms with Crippen molar-refractivity contribution in [3.8, 4) is 5.75 Å². The molecule has 0 radical (unpaired) electrons. The summed E-state index contributed by atoms with van der Waals surface area (Å²) in [6.07, 6.45) is 1.79. The Hall–Kier alpha value is -2.76. The minimum atomic E-state index is -0.357. The number of hydrogen-bond donors (Lipinski definition) is 1. The fraction of sp³-hybridized carbons (Fsp3) is 0.200. The third kappa shape index (κ3) is 2.89. The summed E-state index contributed by atoms with van der Waals surface area (Å²) in [7, 11) is 0. The summed E-state index contributed by atoms with van der Waals surface area (Å²) >= 11 is 0. The minimum absolute atomic E-state index is 0.357. The van der Waals surface area contributed by atoms with Crippen LogP contribution in [0.2, 0.25) is 0 Å². The number of nitrogen functional groups attached to an aromatic ring is 1. The van der Waals surface area contributed by atoms with E-state index in [4.69, 9.17) is 14.9 Å². The highest BCUT2D eigenvalue weighted by atomic mass is 16.5. The fourth-order valence-corrected chi connectivity index (χ4v) is 2.15. The molecule has 0 aliphatic rings. The van der Waals surface area contributed by atoms with Crippen LogP contribution >= 0.6 is 0 Å². The van der Waals surface area contributed by atoms with Gasteiger partial charge in [0.1, 0.15) is 23.8 Å². The van der Waals surface area contributed by atoms with Crippen LogP contribution in [0.3, 0.4) is 0 Å². The number of benzene rings is 1. The SMILES string of the molecule is Cc1cc(=O)oc2cc(OCCn3ccc(N)n3)ccc12. The Bertz CT molecular complexity index is 836. The fourth-order valence-electron chi connectivity index (χ4n) is 2.15. The molecule has 2 aromatic heterocycles. The van der Waals surface area contributed by atoms with Gasteiger partial charge in [-0.15, -0.1) is 0 Å². The van der Waals surface area contributed by atoms with Crippen molar-refractivity contribution in [3.63, 3.8) is 0 Å². The summed E-state index contributed by atoms with van der Waals surface area (Å²) in [5.41, 5.74) is 6.60. The quantitative estimate of drug-likeness (QED) is 0.741. The molecular formula is C15H15N3O3. The lowest BCUT2D eigenvalue weighted by molar-refractivity contribution is 0.291. The molecule has 6 nitrogen and oxygen atoms in total. The maximum absolute atomic E-state index is 11.4. The maximum Gasteiger partial charge on any atom is 0.336 e. The number of ether oxygens (including phenoxy) is 1. The van der Waals surface area contributed by atoms with Crippen molar-refractivity contribution >= 4 is 16.8 Å². The molecule has 2 N–H and O–H groups in total. The topological polar surface area (TPSA) is 83.3 Å². The molecule has 0 saturated carbocycles. The van der Waals surface area contributed by atoms with Gasteiger partial charge in [-0.1, -0.05) is 0 Å². The maximum atomic E-state index is 11.4. The summed E-state index contributed by atoms with van der Waals surface area (Å²) in [5.74, 6) is 1.13. The van der Waals surface area contributed by atoms with Gasteiger partial charge < -0.3 is 14.9 Å². The highest BCUT2D eigenvalue weighted by molar-refractivity contribution is 5.81. The Balaban J connectivity index is 1.74. The van der Waals surface area contributed by atoms with Gasteiger partial charge in [0.05, 0.1) is 6.54 Å². The molecule has 3 aromatic rings. The molecule has 0 atom stereocenters. The van der Waals surface area contributed by atoms with Crippen LogP contribution in [-0.4, -0.2) is 16.4 Å². The summed E-state index contributed by atoms with van der Waals surface area (Å²) in [6.45, 7) is 2.91. The number of nitrogens with two attached hydrogens (primary N) is 1. The van der Waals surface area contributed by atoms with Gasteiger partial charge in [0, 0.05) is 23.7 Å². The highest BCUT2D eigenvalue weighted by Gasteiger charge is 2.04. The van der Waals surface area contributed by atoms with E-state index in [2.05, 4.69) is 5.10 Å². The van der Waals surface area contributed by atoms with Crippen LogP contribution in [-0.2, 0) is 6.54 Å². The molecule has 21 heavy (non-hydrogen) atoms. The van der Waals surface area contributed by atoms with E-state index in [1.54, 1.807) is 23.0 Å². The van der Waals surface area contributed by atoms with Gasteiger partial charge in [-0.05, 0) is 30.7 Å². The summed E-state index contributed by atoms with van der Waals surface area (Å²) in [6, 6.07) is 8.67. The molecular weight excluding hydrogens is 270 g/mol. The zero-order chi connectivity index (χ0) is 14.8. The van der Waals surface area contributed by atoms with Gasteiger partial charge in [0.15, 0.2) is 0 Å². The van der Waals surface area contributed by atoms with Crippen LogP contribution in [0.25, 0.3) is 11.0 Å². The smallest absolute Gasteiger partial charge is 0.336 e.